The van der Waals surface area contributed by atoms with Crippen LogP contribution in [0.4, 0.5) is 8.78 Å². The Hall–Kier alpha value is -1.26. The van der Waals surface area contributed by atoms with Gasteiger partial charge in [0.25, 0.3) is 0 Å². The second-order valence-electron chi connectivity index (χ2n) is 4.55. The smallest absolute Gasteiger partial charge is 0.132 e. The molecule has 4 heteroatoms. The lowest BCUT2D eigenvalue weighted by Gasteiger charge is -2.15. The minimum atomic E-state index is -1.13. The normalized spacial score (nSPS) is 12.5. The van der Waals surface area contributed by atoms with Gasteiger partial charge in [-0.1, -0.05) is 28.1 Å². The van der Waals surface area contributed by atoms with E-state index in [-0.39, 0.29) is 5.56 Å². The third-order valence-electron chi connectivity index (χ3n) is 3.02. The zero-order valence-electron chi connectivity index (χ0n) is 10.5. The Morgan fingerprint density at radius 1 is 1.00 bits per heavy atom. The molecule has 0 bridgehead atoms. The van der Waals surface area contributed by atoms with Crippen LogP contribution in [0.25, 0.3) is 0 Å². The summed E-state index contributed by atoms with van der Waals surface area (Å²) in [4.78, 5) is 0. The maximum atomic E-state index is 13.8. The van der Waals surface area contributed by atoms with E-state index in [4.69, 9.17) is 0 Å². The first kappa shape index (κ1) is 14.2. The molecule has 2 rings (SSSR count). The molecule has 1 nitrogen and oxygen atoms in total. The molecule has 0 aromatic heterocycles. The van der Waals surface area contributed by atoms with Gasteiger partial charge in [-0.3, -0.25) is 0 Å². The van der Waals surface area contributed by atoms with E-state index >= 15 is 0 Å². The van der Waals surface area contributed by atoms with Gasteiger partial charge < -0.3 is 5.11 Å². The topological polar surface area (TPSA) is 20.2 Å². The van der Waals surface area contributed by atoms with Crippen molar-refractivity contribution < 1.29 is 13.9 Å². The fraction of sp³-hybridized carbons (Fsp3) is 0.200. The average Bonchev–Trinajstić information content (AvgIpc) is 2.33. The predicted molar refractivity (Wildman–Crippen MR) is 74.0 cm³/mol. The van der Waals surface area contributed by atoms with Crippen LogP contribution in [0.5, 0.6) is 0 Å². The summed E-state index contributed by atoms with van der Waals surface area (Å²) in [7, 11) is 0. The number of hydrogen-bond acceptors (Lipinski definition) is 1. The van der Waals surface area contributed by atoms with Crippen LogP contribution in [0.3, 0.4) is 0 Å². The Morgan fingerprint density at radius 3 is 2.32 bits per heavy atom. The Labute approximate surface area is 119 Å². The number of benzene rings is 2. The van der Waals surface area contributed by atoms with Crippen molar-refractivity contribution in [2.24, 2.45) is 0 Å². The van der Waals surface area contributed by atoms with Crippen molar-refractivity contribution in [3.63, 3.8) is 0 Å². The fourth-order valence-corrected chi connectivity index (χ4v) is 2.62. The van der Waals surface area contributed by atoms with E-state index in [0.29, 0.717) is 15.6 Å². The lowest BCUT2D eigenvalue weighted by Crippen LogP contribution is -2.05. The minimum Gasteiger partial charge on any atom is -0.384 e. The number of aryl methyl sites for hydroxylation is 2. The molecule has 0 saturated carbocycles. The molecule has 2 aromatic rings. The van der Waals surface area contributed by atoms with E-state index in [1.165, 1.54) is 13.0 Å². The summed E-state index contributed by atoms with van der Waals surface area (Å²) in [6, 6.07) is 7.53. The van der Waals surface area contributed by atoms with Crippen LogP contribution < -0.4 is 0 Å². The van der Waals surface area contributed by atoms with Crippen molar-refractivity contribution in [1.29, 1.82) is 0 Å². The molecule has 1 N–H and O–H groups in total. The van der Waals surface area contributed by atoms with E-state index in [2.05, 4.69) is 15.9 Å². The summed E-state index contributed by atoms with van der Waals surface area (Å²) in [6.07, 6.45) is -1.13. The van der Waals surface area contributed by atoms with Crippen LogP contribution >= 0.6 is 15.9 Å². The number of halogens is 3. The highest BCUT2D eigenvalue weighted by atomic mass is 79.9. The lowest BCUT2D eigenvalue weighted by atomic mass is 9.98. The fourth-order valence-electron chi connectivity index (χ4n) is 1.91. The molecule has 0 spiro atoms. The van der Waals surface area contributed by atoms with Crippen LogP contribution in [-0.2, 0) is 0 Å². The van der Waals surface area contributed by atoms with E-state index in [0.717, 1.165) is 11.6 Å². The van der Waals surface area contributed by atoms with Crippen LogP contribution in [0, 0.1) is 25.5 Å². The van der Waals surface area contributed by atoms with E-state index in [1.54, 1.807) is 6.07 Å². The highest BCUT2D eigenvalue weighted by molar-refractivity contribution is 9.10. The van der Waals surface area contributed by atoms with Crippen molar-refractivity contribution in [3.8, 4) is 0 Å². The molecule has 0 aliphatic carbocycles. The average molecular weight is 327 g/mol. The maximum Gasteiger partial charge on any atom is 0.132 e. The molecule has 0 saturated heterocycles. The summed E-state index contributed by atoms with van der Waals surface area (Å²) in [6.45, 7) is 3.46. The van der Waals surface area contributed by atoms with Crippen LogP contribution in [0.15, 0.2) is 34.8 Å². The molecule has 19 heavy (non-hydrogen) atoms. The van der Waals surface area contributed by atoms with Crippen molar-refractivity contribution in [1.82, 2.24) is 0 Å². The summed E-state index contributed by atoms with van der Waals surface area (Å²) >= 11 is 3.35. The van der Waals surface area contributed by atoms with Crippen LogP contribution in [0.1, 0.15) is 28.4 Å². The van der Waals surface area contributed by atoms with Crippen molar-refractivity contribution in [2.75, 3.05) is 0 Å². The molecule has 0 aliphatic heterocycles. The zero-order chi connectivity index (χ0) is 14.2. The second-order valence-corrected chi connectivity index (χ2v) is 5.40. The molecule has 100 valence electrons. The van der Waals surface area contributed by atoms with Gasteiger partial charge in [-0.05, 0) is 42.7 Å². The molecule has 0 radical (unpaired) electrons. The highest BCUT2D eigenvalue weighted by Crippen LogP contribution is 2.31. The summed E-state index contributed by atoms with van der Waals surface area (Å²) in [5.41, 5.74) is 1.95. The van der Waals surface area contributed by atoms with Crippen molar-refractivity contribution >= 4 is 15.9 Å². The van der Waals surface area contributed by atoms with Gasteiger partial charge in [0.05, 0.1) is 0 Å². The van der Waals surface area contributed by atoms with Gasteiger partial charge in [0.2, 0.25) is 0 Å². The van der Waals surface area contributed by atoms with Gasteiger partial charge in [0, 0.05) is 16.1 Å². The van der Waals surface area contributed by atoms with Gasteiger partial charge >= 0.3 is 0 Å². The van der Waals surface area contributed by atoms with E-state index in [1.807, 2.05) is 19.1 Å². The lowest BCUT2D eigenvalue weighted by molar-refractivity contribution is 0.214. The van der Waals surface area contributed by atoms with E-state index in [9.17, 15) is 13.9 Å². The zero-order valence-corrected chi connectivity index (χ0v) is 12.1. The first-order chi connectivity index (χ1) is 8.90. The number of hydrogen-bond donors (Lipinski definition) is 1. The molecule has 1 unspecified atom stereocenters. The van der Waals surface area contributed by atoms with E-state index < -0.39 is 17.7 Å². The Morgan fingerprint density at radius 2 is 1.68 bits per heavy atom. The van der Waals surface area contributed by atoms with Gasteiger partial charge in [-0.2, -0.15) is 0 Å². The molecule has 0 aliphatic rings. The largest absolute Gasteiger partial charge is 0.384 e. The number of aliphatic hydroxyl groups is 1. The highest BCUT2D eigenvalue weighted by Gasteiger charge is 2.19. The third kappa shape index (κ3) is 2.85. The van der Waals surface area contributed by atoms with Gasteiger partial charge in [-0.25, -0.2) is 8.78 Å². The van der Waals surface area contributed by atoms with Gasteiger partial charge in [0.15, 0.2) is 0 Å². The SMILES string of the molecule is Cc1ccc(C(O)c2cc(C)c(F)cc2F)c(Br)c1. The Bertz CT molecular complexity index is 626. The third-order valence-corrected chi connectivity index (χ3v) is 3.71. The molecule has 2 aromatic carbocycles. The molecular formula is C15H13BrF2O. The summed E-state index contributed by atoms with van der Waals surface area (Å²) in [5.74, 6) is -1.36. The predicted octanol–water partition coefficient (Wildman–Crippen LogP) is 4.43. The molecular weight excluding hydrogens is 314 g/mol. The van der Waals surface area contributed by atoms with Gasteiger partial charge in [0.1, 0.15) is 17.7 Å². The summed E-state index contributed by atoms with van der Waals surface area (Å²) in [5, 5.41) is 10.3. The van der Waals surface area contributed by atoms with Gasteiger partial charge in [-0.15, -0.1) is 0 Å². The first-order valence-electron chi connectivity index (χ1n) is 5.80. The van der Waals surface area contributed by atoms with Crippen LogP contribution in [-0.4, -0.2) is 5.11 Å². The summed E-state index contributed by atoms with van der Waals surface area (Å²) < 4.78 is 27.7. The van der Waals surface area contributed by atoms with Crippen molar-refractivity contribution in [2.45, 2.75) is 20.0 Å². The Kier molecular flexibility index (Phi) is 4.02. The second kappa shape index (κ2) is 5.39. The molecule has 0 amide bonds. The maximum absolute atomic E-state index is 13.8. The standard InChI is InChI=1S/C15H13BrF2O/c1-8-3-4-10(12(16)5-8)15(19)11-6-9(2)13(17)7-14(11)18/h3-7,15,19H,1-2H3. The minimum absolute atomic E-state index is 0.0726. The molecule has 1 atom stereocenters. The number of aliphatic hydroxyl groups excluding tert-OH is 1. The molecule has 0 fully saturated rings. The van der Waals surface area contributed by atoms with Crippen LogP contribution in [0.2, 0.25) is 0 Å². The first-order valence-corrected chi connectivity index (χ1v) is 6.59. The molecule has 0 heterocycles. The number of rotatable bonds is 2. The quantitative estimate of drug-likeness (QED) is 0.865. The monoisotopic (exact) mass is 326 g/mol. The van der Waals surface area contributed by atoms with Crippen molar-refractivity contribution in [3.05, 3.63) is 68.7 Å². The Balaban J connectivity index is 2.49.